The van der Waals surface area contributed by atoms with Crippen LogP contribution in [-0.2, 0) is 16.1 Å². The lowest BCUT2D eigenvalue weighted by Crippen LogP contribution is -3.14. The van der Waals surface area contributed by atoms with Crippen molar-refractivity contribution in [1.29, 1.82) is 0 Å². The summed E-state index contributed by atoms with van der Waals surface area (Å²) < 4.78 is 1.34. The molecule has 3 N–H and O–H groups in total. The van der Waals surface area contributed by atoms with E-state index in [1.807, 2.05) is 13.8 Å². The van der Waals surface area contributed by atoms with Gasteiger partial charge in [0.05, 0.1) is 31.3 Å². The maximum absolute atomic E-state index is 12.7. The smallest absolute Gasteiger partial charge is 0.262 e. The van der Waals surface area contributed by atoms with Gasteiger partial charge in [0.15, 0.2) is 0 Å². The topological polar surface area (TPSA) is 97.5 Å². The third-order valence-corrected chi connectivity index (χ3v) is 7.60. The quantitative estimate of drug-likeness (QED) is 0.447. The second kappa shape index (κ2) is 11.7. The highest BCUT2D eigenvalue weighted by Gasteiger charge is 2.24. The number of carbonyl (C=O) groups is 2. The van der Waals surface area contributed by atoms with Crippen LogP contribution in [0.15, 0.2) is 11.1 Å². The maximum Gasteiger partial charge on any atom is 0.262 e. The second-order valence-electron chi connectivity index (χ2n) is 9.65. The van der Waals surface area contributed by atoms with Crippen molar-refractivity contribution >= 4 is 33.4 Å². The summed E-state index contributed by atoms with van der Waals surface area (Å²) in [5.74, 6) is 1.34. The summed E-state index contributed by atoms with van der Waals surface area (Å²) in [4.78, 5) is 44.7. The molecule has 0 bridgehead atoms. The van der Waals surface area contributed by atoms with Crippen molar-refractivity contribution in [3.63, 3.8) is 0 Å². The van der Waals surface area contributed by atoms with Crippen molar-refractivity contribution in [2.24, 2.45) is 11.8 Å². The van der Waals surface area contributed by atoms with Crippen molar-refractivity contribution < 1.29 is 14.5 Å². The molecule has 1 fully saturated rings. The monoisotopic (exact) mass is 476 g/mol. The van der Waals surface area contributed by atoms with Crippen molar-refractivity contribution in [3.8, 4) is 0 Å². The number of amides is 2. The molecule has 2 aromatic rings. The third kappa shape index (κ3) is 7.11. The SMILES string of the molecule is Cc1sc2ncn(CC(=O)NCCCC(=O)NCCC[NH+]3CC(C)CC(C)C3)c(=O)c2c1C. The molecule has 0 saturated carbocycles. The summed E-state index contributed by atoms with van der Waals surface area (Å²) in [6, 6.07) is 0. The van der Waals surface area contributed by atoms with E-state index in [2.05, 4.69) is 29.5 Å². The van der Waals surface area contributed by atoms with E-state index in [-0.39, 0.29) is 23.9 Å². The molecular formula is C24H38N5O3S+. The van der Waals surface area contributed by atoms with Gasteiger partial charge in [0.1, 0.15) is 11.4 Å². The summed E-state index contributed by atoms with van der Waals surface area (Å²) in [7, 11) is 0. The van der Waals surface area contributed by atoms with E-state index in [1.54, 1.807) is 4.90 Å². The second-order valence-corrected chi connectivity index (χ2v) is 10.9. The van der Waals surface area contributed by atoms with Gasteiger partial charge in [-0.05, 0) is 32.3 Å². The van der Waals surface area contributed by atoms with Gasteiger partial charge >= 0.3 is 0 Å². The fraction of sp³-hybridized carbons (Fsp3) is 0.667. The standard InChI is InChI=1S/C24H37N5O3S/c1-16-11-17(2)13-28(12-16)10-6-9-25-20(30)7-5-8-26-21(31)14-29-15-27-23-22(24(29)32)18(3)19(4)33-23/h15-17H,5-14H2,1-4H3,(H,25,30)(H,26,31)/p+1. The van der Waals surface area contributed by atoms with Gasteiger partial charge < -0.3 is 15.5 Å². The molecule has 1 saturated heterocycles. The molecule has 182 valence electrons. The van der Waals surface area contributed by atoms with Crippen LogP contribution in [0.1, 0.15) is 50.0 Å². The predicted molar refractivity (Wildman–Crippen MR) is 132 cm³/mol. The summed E-state index contributed by atoms with van der Waals surface area (Å²) in [5, 5.41) is 6.37. The minimum atomic E-state index is -0.253. The van der Waals surface area contributed by atoms with Gasteiger partial charge in [-0.3, -0.25) is 19.0 Å². The number of carbonyl (C=O) groups excluding carboxylic acids is 2. The average Bonchev–Trinajstić information content (AvgIpc) is 3.04. The Kier molecular flexibility index (Phi) is 9.02. The van der Waals surface area contributed by atoms with Crippen LogP contribution in [-0.4, -0.2) is 54.1 Å². The fourth-order valence-corrected chi connectivity index (χ4v) is 5.84. The molecule has 9 heteroatoms. The van der Waals surface area contributed by atoms with Gasteiger partial charge in [0.2, 0.25) is 11.8 Å². The molecule has 0 aliphatic carbocycles. The first-order chi connectivity index (χ1) is 15.7. The lowest BCUT2D eigenvalue weighted by Gasteiger charge is -2.32. The highest BCUT2D eigenvalue weighted by Crippen LogP contribution is 2.25. The summed E-state index contributed by atoms with van der Waals surface area (Å²) in [6.45, 7) is 13.1. The molecular weight excluding hydrogens is 438 g/mol. The summed E-state index contributed by atoms with van der Waals surface area (Å²) >= 11 is 1.49. The minimum Gasteiger partial charge on any atom is -0.356 e. The first-order valence-electron chi connectivity index (χ1n) is 12.1. The lowest BCUT2D eigenvalue weighted by molar-refractivity contribution is -0.912. The Labute approximate surface area is 199 Å². The zero-order valence-corrected chi connectivity index (χ0v) is 21.1. The number of piperidine rings is 1. The summed E-state index contributed by atoms with van der Waals surface area (Å²) in [5.41, 5.74) is 0.737. The van der Waals surface area contributed by atoms with Crippen molar-refractivity contribution in [2.75, 3.05) is 32.7 Å². The molecule has 2 atom stereocenters. The number of quaternary nitrogens is 1. The van der Waals surface area contributed by atoms with Crippen LogP contribution in [0.5, 0.6) is 0 Å². The van der Waals surface area contributed by atoms with Gasteiger partial charge in [0.25, 0.3) is 5.56 Å². The van der Waals surface area contributed by atoms with Gasteiger partial charge in [0, 0.05) is 42.6 Å². The predicted octanol–water partition coefficient (Wildman–Crippen LogP) is 1.04. The van der Waals surface area contributed by atoms with E-state index in [0.717, 1.165) is 35.2 Å². The van der Waals surface area contributed by atoms with Crippen LogP contribution in [0.3, 0.4) is 0 Å². The Hall–Kier alpha value is -2.26. The minimum absolute atomic E-state index is 0.0220. The first-order valence-corrected chi connectivity index (χ1v) is 12.9. The molecule has 3 heterocycles. The molecule has 1 aliphatic heterocycles. The van der Waals surface area contributed by atoms with Crippen molar-refractivity contribution in [1.82, 2.24) is 20.2 Å². The highest BCUT2D eigenvalue weighted by atomic mass is 32.1. The average molecular weight is 477 g/mol. The van der Waals surface area contributed by atoms with E-state index in [9.17, 15) is 14.4 Å². The van der Waals surface area contributed by atoms with Crippen LogP contribution in [0.4, 0.5) is 0 Å². The number of fused-ring (bicyclic) bond motifs is 1. The van der Waals surface area contributed by atoms with Crippen LogP contribution in [0.2, 0.25) is 0 Å². The number of thiophene rings is 1. The van der Waals surface area contributed by atoms with E-state index in [0.29, 0.717) is 36.1 Å². The van der Waals surface area contributed by atoms with E-state index in [4.69, 9.17) is 0 Å². The van der Waals surface area contributed by atoms with Gasteiger partial charge in [-0.25, -0.2) is 4.98 Å². The fourth-order valence-electron chi connectivity index (χ4n) is 4.85. The highest BCUT2D eigenvalue weighted by molar-refractivity contribution is 7.18. The van der Waals surface area contributed by atoms with Gasteiger partial charge in [-0.1, -0.05) is 13.8 Å². The van der Waals surface area contributed by atoms with E-state index >= 15 is 0 Å². The molecule has 33 heavy (non-hydrogen) atoms. The zero-order chi connectivity index (χ0) is 24.0. The normalized spacial score (nSPS) is 20.7. The van der Waals surface area contributed by atoms with E-state index in [1.165, 1.54) is 41.7 Å². The molecule has 0 aromatic carbocycles. The maximum atomic E-state index is 12.7. The lowest BCUT2D eigenvalue weighted by atomic mass is 9.92. The largest absolute Gasteiger partial charge is 0.356 e. The zero-order valence-electron chi connectivity index (χ0n) is 20.3. The number of nitrogens with zero attached hydrogens (tertiary/aromatic N) is 2. The molecule has 2 aromatic heterocycles. The van der Waals surface area contributed by atoms with Crippen molar-refractivity contribution in [2.45, 2.75) is 59.9 Å². The molecule has 8 nitrogen and oxygen atoms in total. The molecule has 0 spiro atoms. The number of aromatic nitrogens is 2. The first kappa shape index (κ1) is 25.4. The van der Waals surface area contributed by atoms with Crippen LogP contribution < -0.4 is 21.1 Å². The van der Waals surface area contributed by atoms with E-state index < -0.39 is 0 Å². The molecule has 0 radical (unpaired) electrons. The Morgan fingerprint density at radius 1 is 1.12 bits per heavy atom. The summed E-state index contributed by atoms with van der Waals surface area (Å²) in [6.07, 6.45) is 4.70. The number of aryl methyl sites for hydroxylation is 2. The molecule has 3 rings (SSSR count). The van der Waals surface area contributed by atoms with Crippen LogP contribution in [0.25, 0.3) is 10.2 Å². The van der Waals surface area contributed by atoms with Gasteiger partial charge in [-0.2, -0.15) is 0 Å². The number of likely N-dealkylation sites (tertiary alicyclic amines) is 1. The van der Waals surface area contributed by atoms with Crippen LogP contribution >= 0.6 is 11.3 Å². The molecule has 2 unspecified atom stereocenters. The molecule has 2 amide bonds. The molecule has 1 aliphatic rings. The number of hydrogen-bond donors (Lipinski definition) is 3. The Bertz CT molecular complexity index is 1020. The third-order valence-electron chi connectivity index (χ3n) is 6.48. The Morgan fingerprint density at radius 3 is 2.52 bits per heavy atom. The Morgan fingerprint density at radius 2 is 1.79 bits per heavy atom. The van der Waals surface area contributed by atoms with Crippen molar-refractivity contribution in [3.05, 3.63) is 27.1 Å². The van der Waals surface area contributed by atoms with Gasteiger partial charge in [-0.15, -0.1) is 11.3 Å². The number of nitrogens with one attached hydrogen (secondary N) is 3. The number of hydrogen-bond acceptors (Lipinski definition) is 5. The number of rotatable bonds is 10. The van der Waals surface area contributed by atoms with Crippen LogP contribution in [0, 0.1) is 25.7 Å². The Balaban J connectivity index is 1.31.